The first-order chi connectivity index (χ1) is 20.6. The minimum absolute atomic E-state index is 0.0220. The molecule has 3 aromatic rings. The Morgan fingerprint density at radius 1 is 0.907 bits per heavy atom. The van der Waals surface area contributed by atoms with Crippen LogP contribution < -0.4 is 10.2 Å². The Hall–Kier alpha value is -4.19. The van der Waals surface area contributed by atoms with Gasteiger partial charge in [0.25, 0.3) is 0 Å². The number of rotatable bonds is 7. The lowest BCUT2D eigenvalue weighted by Crippen LogP contribution is -2.38. The van der Waals surface area contributed by atoms with Crippen LogP contribution in [0.2, 0.25) is 0 Å². The van der Waals surface area contributed by atoms with Crippen molar-refractivity contribution in [3.8, 4) is 0 Å². The van der Waals surface area contributed by atoms with E-state index in [-0.39, 0.29) is 23.0 Å². The molecular weight excluding hydrogens is 536 g/mol. The molecule has 1 heterocycles. The number of ether oxygens (including phenoxy) is 1. The number of hydrogen-bond donors (Lipinski definition) is 1. The number of anilines is 2. The molecule has 1 amide bonds. The number of nitrogens with zero attached hydrogens (tertiary/aromatic N) is 1. The third kappa shape index (κ3) is 6.29. The maximum Gasteiger partial charge on any atom is 0.337 e. The molecule has 6 nitrogen and oxygen atoms in total. The van der Waals surface area contributed by atoms with Crippen LogP contribution in [0, 0.1) is 0 Å². The molecule has 0 fully saturated rings. The minimum Gasteiger partial charge on any atom is -0.465 e. The van der Waals surface area contributed by atoms with Crippen molar-refractivity contribution in [3.63, 3.8) is 0 Å². The summed E-state index contributed by atoms with van der Waals surface area (Å²) in [5.74, 6) is -0.402. The van der Waals surface area contributed by atoms with Crippen molar-refractivity contribution < 1.29 is 19.1 Å². The molecule has 224 valence electrons. The van der Waals surface area contributed by atoms with E-state index in [1.165, 1.54) is 12.7 Å². The van der Waals surface area contributed by atoms with Crippen LogP contribution in [0.5, 0.6) is 0 Å². The van der Waals surface area contributed by atoms with Crippen LogP contribution in [0.4, 0.5) is 11.4 Å². The number of nitrogens with one attached hydrogen (secondary N) is 1. The van der Waals surface area contributed by atoms with E-state index < -0.39 is 12.0 Å². The monoisotopic (exact) mass is 578 g/mol. The van der Waals surface area contributed by atoms with Crippen LogP contribution in [0.15, 0.2) is 84.1 Å². The highest BCUT2D eigenvalue weighted by atomic mass is 16.5. The number of esters is 1. The van der Waals surface area contributed by atoms with Gasteiger partial charge in [0.2, 0.25) is 5.91 Å². The second kappa shape index (κ2) is 12.6. The van der Waals surface area contributed by atoms with Gasteiger partial charge < -0.3 is 10.1 Å². The van der Waals surface area contributed by atoms with Crippen LogP contribution in [-0.2, 0) is 19.7 Å². The molecular formula is C37H42N2O4. The molecule has 2 aliphatic rings. The third-order valence-electron chi connectivity index (χ3n) is 8.65. The van der Waals surface area contributed by atoms with E-state index in [2.05, 4.69) is 57.3 Å². The van der Waals surface area contributed by atoms with E-state index in [1.807, 2.05) is 41.3 Å². The standard InChI is InChI=1S/C37H42N2O4/c1-6-7-8-13-33(41)39-31-12-10-9-11-29(31)38-30-22-27(24-18-20-28(21-19-24)37(2,3)4)23-32(40)34(30)35(39)25-14-16-26(17-15-25)36(42)43-5/h9-12,14-21,27,35,38H,6-8,13,22-23H2,1-5H3/t27-,35-/m0/s1. The summed E-state index contributed by atoms with van der Waals surface area (Å²) < 4.78 is 4.91. The highest BCUT2D eigenvalue weighted by Crippen LogP contribution is 2.47. The number of ketones is 1. The molecule has 5 rings (SSSR count). The zero-order valence-electron chi connectivity index (χ0n) is 25.9. The number of amides is 1. The zero-order valence-corrected chi connectivity index (χ0v) is 25.9. The fourth-order valence-corrected chi connectivity index (χ4v) is 6.24. The summed E-state index contributed by atoms with van der Waals surface area (Å²) in [6.07, 6.45) is 4.15. The summed E-state index contributed by atoms with van der Waals surface area (Å²) in [5.41, 5.74) is 6.67. The van der Waals surface area contributed by atoms with Gasteiger partial charge in [-0.2, -0.15) is 0 Å². The van der Waals surface area contributed by atoms with E-state index in [0.717, 1.165) is 47.5 Å². The lowest BCUT2D eigenvalue weighted by molar-refractivity contribution is -0.119. The zero-order chi connectivity index (χ0) is 30.7. The van der Waals surface area contributed by atoms with Gasteiger partial charge in [-0.25, -0.2) is 4.79 Å². The summed E-state index contributed by atoms with van der Waals surface area (Å²) in [6.45, 7) is 8.71. The van der Waals surface area contributed by atoms with Gasteiger partial charge in [0.15, 0.2) is 5.78 Å². The first-order valence-electron chi connectivity index (χ1n) is 15.4. The van der Waals surface area contributed by atoms with Crippen molar-refractivity contribution in [1.29, 1.82) is 0 Å². The van der Waals surface area contributed by atoms with E-state index in [0.29, 0.717) is 30.4 Å². The number of carbonyl (C=O) groups is 3. The molecule has 43 heavy (non-hydrogen) atoms. The Morgan fingerprint density at radius 3 is 2.23 bits per heavy atom. The number of fused-ring (bicyclic) bond motifs is 1. The van der Waals surface area contributed by atoms with Crippen LogP contribution >= 0.6 is 0 Å². The number of allylic oxidation sites excluding steroid dienone is 1. The lowest BCUT2D eigenvalue weighted by atomic mass is 9.77. The highest BCUT2D eigenvalue weighted by Gasteiger charge is 2.41. The fourth-order valence-electron chi connectivity index (χ4n) is 6.24. The number of carbonyl (C=O) groups excluding carboxylic acids is 3. The highest BCUT2D eigenvalue weighted by molar-refractivity contribution is 6.06. The Balaban J connectivity index is 1.62. The van der Waals surface area contributed by atoms with Crippen LogP contribution in [-0.4, -0.2) is 24.8 Å². The topological polar surface area (TPSA) is 75.7 Å². The number of hydrogen-bond acceptors (Lipinski definition) is 5. The van der Waals surface area contributed by atoms with Crippen molar-refractivity contribution in [1.82, 2.24) is 0 Å². The van der Waals surface area contributed by atoms with Crippen molar-refractivity contribution in [3.05, 3.63) is 106 Å². The third-order valence-corrected chi connectivity index (χ3v) is 8.65. The van der Waals surface area contributed by atoms with Gasteiger partial charge in [0.05, 0.1) is 30.1 Å². The average Bonchev–Trinajstić information content (AvgIpc) is 3.15. The number of methoxy groups -OCH3 is 1. The van der Waals surface area contributed by atoms with Crippen molar-refractivity contribution >= 4 is 29.0 Å². The molecule has 1 aliphatic carbocycles. The molecule has 0 radical (unpaired) electrons. The summed E-state index contributed by atoms with van der Waals surface area (Å²) in [7, 11) is 1.35. The summed E-state index contributed by atoms with van der Waals surface area (Å²) in [6, 6.07) is 22.9. The maximum absolute atomic E-state index is 14.3. The van der Waals surface area contributed by atoms with E-state index in [9.17, 15) is 14.4 Å². The van der Waals surface area contributed by atoms with Gasteiger partial charge in [-0.05, 0) is 65.1 Å². The van der Waals surface area contributed by atoms with Crippen molar-refractivity contribution in [2.24, 2.45) is 0 Å². The predicted molar refractivity (Wildman–Crippen MR) is 171 cm³/mol. The molecule has 0 aromatic heterocycles. The van der Waals surface area contributed by atoms with Crippen molar-refractivity contribution in [2.75, 3.05) is 17.3 Å². The average molecular weight is 579 g/mol. The first kappa shape index (κ1) is 30.3. The largest absolute Gasteiger partial charge is 0.465 e. The summed E-state index contributed by atoms with van der Waals surface area (Å²) >= 11 is 0. The first-order valence-corrected chi connectivity index (χ1v) is 15.4. The smallest absolute Gasteiger partial charge is 0.337 e. The lowest BCUT2D eigenvalue weighted by Gasteiger charge is -2.35. The fraction of sp³-hybridized carbons (Fsp3) is 0.378. The maximum atomic E-state index is 14.3. The van der Waals surface area contributed by atoms with Gasteiger partial charge >= 0.3 is 5.97 Å². The molecule has 0 spiro atoms. The van der Waals surface area contributed by atoms with E-state index >= 15 is 0 Å². The molecule has 3 aromatic carbocycles. The summed E-state index contributed by atoms with van der Waals surface area (Å²) in [5, 5.41) is 3.61. The molecule has 2 atom stereocenters. The van der Waals surface area contributed by atoms with Crippen molar-refractivity contribution in [2.45, 2.75) is 83.6 Å². The Labute approximate surface area is 255 Å². The molecule has 0 unspecified atom stereocenters. The van der Waals surface area contributed by atoms with Crippen LogP contribution in [0.3, 0.4) is 0 Å². The Morgan fingerprint density at radius 2 is 1.58 bits per heavy atom. The quantitative estimate of drug-likeness (QED) is 0.226. The summed E-state index contributed by atoms with van der Waals surface area (Å²) in [4.78, 5) is 42.3. The second-order valence-electron chi connectivity index (χ2n) is 12.7. The van der Waals surface area contributed by atoms with Gasteiger partial charge in [0.1, 0.15) is 0 Å². The Bertz CT molecular complexity index is 1530. The van der Waals surface area contributed by atoms with E-state index in [4.69, 9.17) is 4.74 Å². The molecule has 1 aliphatic heterocycles. The van der Waals surface area contributed by atoms with Gasteiger partial charge in [0, 0.05) is 24.1 Å². The Kier molecular flexibility index (Phi) is 8.86. The number of Topliss-reactive ketones (excluding diaryl/α,β-unsaturated/α-hetero) is 1. The van der Waals surface area contributed by atoms with E-state index in [1.54, 1.807) is 12.1 Å². The number of para-hydroxylation sites is 2. The SMILES string of the molecule is CCCCCC(=O)N1c2ccccc2NC2=C(C(=O)C[C@@H](c3ccc(C(C)(C)C)cc3)C2)[C@@H]1c1ccc(C(=O)OC)cc1. The van der Waals surface area contributed by atoms with Gasteiger partial charge in [-0.1, -0.05) is 89.1 Å². The normalized spacial score (nSPS) is 18.3. The molecule has 0 saturated heterocycles. The predicted octanol–water partition coefficient (Wildman–Crippen LogP) is 8.25. The number of benzene rings is 3. The molecule has 0 saturated carbocycles. The molecule has 6 heteroatoms. The molecule has 1 N–H and O–H groups in total. The second-order valence-corrected chi connectivity index (χ2v) is 12.7. The van der Waals surface area contributed by atoms with Gasteiger partial charge in [-0.3, -0.25) is 14.5 Å². The van der Waals surface area contributed by atoms with Crippen LogP contribution in [0.1, 0.15) is 105 Å². The van der Waals surface area contributed by atoms with Gasteiger partial charge in [-0.15, -0.1) is 0 Å². The minimum atomic E-state index is -0.622. The van der Waals surface area contributed by atoms with Crippen LogP contribution in [0.25, 0.3) is 0 Å². The molecule has 0 bridgehead atoms. The number of unbranched alkanes of at least 4 members (excludes halogenated alkanes) is 2.